The van der Waals surface area contributed by atoms with Gasteiger partial charge in [0, 0.05) is 18.0 Å². The Kier molecular flexibility index (Phi) is 1.98. The van der Waals surface area contributed by atoms with E-state index in [9.17, 15) is 17.6 Å². The molecule has 3 rings (SSSR count). The number of aromatic nitrogens is 2. The van der Waals surface area contributed by atoms with Crippen LogP contribution in [-0.4, -0.2) is 9.78 Å². The summed E-state index contributed by atoms with van der Waals surface area (Å²) in [7, 11) is 0. The van der Waals surface area contributed by atoms with Crippen molar-refractivity contribution >= 4 is 0 Å². The van der Waals surface area contributed by atoms with Crippen LogP contribution in [0, 0.1) is 5.92 Å². The molecule has 0 unspecified atom stereocenters. The zero-order valence-electron chi connectivity index (χ0n) is 9.00. The lowest BCUT2D eigenvalue weighted by molar-refractivity contribution is -0.0511. The van der Waals surface area contributed by atoms with E-state index in [1.807, 2.05) is 0 Å². The summed E-state index contributed by atoms with van der Waals surface area (Å²) in [6, 6.07) is 0. The van der Waals surface area contributed by atoms with Crippen LogP contribution in [0.5, 0.6) is 0 Å². The molecule has 0 fully saturated rings. The molecule has 0 saturated heterocycles. The molecule has 1 aromatic heterocycles. The Morgan fingerprint density at radius 2 is 2.12 bits per heavy atom. The summed E-state index contributed by atoms with van der Waals surface area (Å²) in [6.45, 7) is 1.79. The summed E-state index contributed by atoms with van der Waals surface area (Å²) in [6.07, 6.45) is 0.137. The Labute approximate surface area is 94.9 Å². The van der Waals surface area contributed by atoms with E-state index in [0.29, 0.717) is 0 Å². The third kappa shape index (κ3) is 1.13. The molecule has 92 valence electrons. The van der Waals surface area contributed by atoms with Crippen molar-refractivity contribution in [2.45, 2.75) is 31.7 Å². The van der Waals surface area contributed by atoms with Crippen LogP contribution in [0.15, 0.2) is 12.2 Å². The Morgan fingerprint density at radius 1 is 1.41 bits per heavy atom. The van der Waals surface area contributed by atoms with Gasteiger partial charge in [0.25, 0.3) is 12.3 Å². The number of fused-ring (bicyclic) bond motifs is 3. The highest BCUT2D eigenvalue weighted by molar-refractivity contribution is 5.49. The van der Waals surface area contributed by atoms with E-state index in [1.54, 1.807) is 13.0 Å². The highest BCUT2D eigenvalue weighted by atomic mass is 19.3. The lowest BCUT2D eigenvalue weighted by Crippen LogP contribution is -2.28. The van der Waals surface area contributed by atoms with E-state index in [2.05, 4.69) is 5.10 Å². The predicted molar refractivity (Wildman–Crippen MR) is 52.1 cm³/mol. The Bertz CT molecular complexity index is 504. The smallest absolute Gasteiger partial charge is 0.263 e. The molecule has 0 amide bonds. The van der Waals surface area contributed by atoms with Gasteiger partial charge in [-0.05, 0) is 6.92 Å². The Hall–Kier alpha value is -1.33. The number of hydrogen-bond acceptors (Lipinski definition) is 1. The van der Waals surface area contributed by atoms with E-state index >= 15 is 0 Å². The lowest BCUT2D eigenvalue weighted by Gasteiger charge is -2.27. The van der Waals surface area contributed by atoms with Crippen molar-refractivity contribution in [1.82, 2.24) is 9.78 Å². The molecular formula is C11H10F4N2. The fourth-order valence-electron chi connectivity index (χ4n) is 2.68. The van der Waals surface area contributed by atoms with Crippen LogP contribution in [0.4, 0.5) is 17.6 Å². The molecule has 0 aromatic carbocycles. The normalized spacial score (nSPS) is 28.1. The molecule has 2 atom stereocenters. The Morgan fingerprint density at radius 3 is 2.59 bits per heavy atom. The molecular weight excluding hydrogens is 236 g/mol. The first-order chi connectivity index (χ1) is 7.98. The van der Waals surface area contributed by atoms with Crippen molar-refractivity contribution < 1.29 is 17.6 Å². The summed E-state index contributed by atoms with van der Waals surface area (Å²) in [5.74, 6) is -4.64. The first kappa shape index (κ1) is 10.8. The topological polar surface area (TPSA) is 17.8 Å². The highest BCUT2D eigenvalue weighted by Gasteiger charge is 2.59. The predicted octanol–water partition coefficient (Wildman–Crippen LogP) is 3.22. The number of allylic oxidation sites excluding steroid dienone is 2. The molecule has 6 heteroatoms. The average Bonchev–Trinajstić information content (AvgIpc) is 2.60. The first-order valence-corrected chi connectivity index (χ1v) is 5.43. The minimum atomic E-state index is -3.08. The number of alkyl halides is 4. The van der Waals surface area contributed by atoms with Crippen molar-refractivity contribution in [2.24, 2.45) is 5.92 Å². The van der Waals surface area contributed by atoms with Gasteiger partial charge in [0.1, 0.15) is 11.4 Å². The standard InChI is InChI=1S/C11H10F4N2/c1-2-17-9-7(8(16-17)10(12)13)5-3-4-6(5)11(9,14)15/h3-6,10H,2H2,1H3/t5-,6+/m0/s1. The Balaban J connectivity index is 2.25. The third-order valence-corrected chi connectivity index (χ3v) is 3.50. The lowest BCUT2D eigenvalue weighted by atomic mass is 9.81. The third-order valence-electron chi connectivity index (χ3n) is 3.50. The van der Waals surface area contributed by atoms with Gasteiger partial charge in [-0.2, -0.15) is 13.9 Å². The summed E-state index contributed by atoms with van der Waals surface area (Å²) < 4.78 is 54.6. The molecule has 0 spiro atoms. The second-order valence-corrected chi connectivity index (χ2v) is 4.32. The summed E-state index contributed by atoms with van der Waals surface area (Å²) in [4.78, 5) is 0. The van der Waals surface area contributed by atoms with Crippen LogP contribution in [0.1, 0.15) is 36.2 Å². The minimum absolute atomic E-state index is 0.0411. The van der Waals surface area contributed by atoms with Gasteiger partial charge in [-0.15, -0.1) is 0 Å². The van der Waals surface area contributed by atoms with Gasteiger partial charge < -0.3 is 0 Å². The molecule has 2 aliphatic carbocycles. The van der Waals surface area contributed by atoms with Gasteiger partial charge >= 0.3 is 0 Å². The molecule has 2 nitrogen and oxygen atoms in total. The van der Waals surface area contributed by atoms with Crippen molar-refractivity contribution in [3.8, 4) is 0 Å². The van der Waals surface area contributed by atoms with E-state index < -0.39 is 29.9 Å². The first-order valence-electron chi connectivity index (χ1n) is 5.43. The minimum Gasteiger partial charge on any atom is -0.263 e. The number of aryl methyl sites for hydroxylation is 1. The van der Waals surface area contributed by atoms with Gasteiger partial charge in [0.05, 0.1) is 5.92 Å². The van der Waals surface area contributed by atoms with Crippen LogP contribution in [0.2, 0.25) is 0 Å². The fraction of sp³-hybridized carbons (Fsp3) is 0.545. The van der Waals surface area contributed by atoms with Crippen LogP contribution in [0.3, 0.4) is 0 Å². The van der Waals surface area contributed by atoms with Crippen molar-refractivity contribution in [2.75, 3.05) is 0 Å². The second kappa shape index (κ2) is 3.11. The largest absolute Gasteiger partial charge is 0.296 e. The monoisotopic (exact) mass is 246 g/mol. The van der Waals surface area contributed by atoms with Crippen molar-refractivity contribution in [3.63, 3.8) is 0 Å². The van der Waals surface area contributed by atoms with Gasteiger partial charge in [-0.25, -0.2) is 8.78 Å². The number of nitrogens with zero attached hydrogens (tertiary/aromatic N) is 2. The number of halogens is 4. The SMILES string of the molecule is CCn1nc(C(F)F)c2c1C(F)(F)[C@@H]1C=C[C@H]21. The van der Waals surface area contributed by atoms with Crippen LogP contribution in [0.25, 0.3) is 0 Å². The molecule has 17 heavy (non-hydrogen) atoms. The van der Waals surface area contributed by atoms with Crippen LogP contribution >= 0.6 is 0 Å². The van der Waals surface area contributed by atoms with Gasteiger partial charge in [-0.1, -0.05) is 12.2 Å². The van der Waals surface area contributed by atoms with Crippen LogP contribution in [-0.2, 0) is 12.5 Å². The highest BCUT2D eigenvalue weighted by Crippen LogP contribution is 2.59. The van der Waals surface area contributed by atoms with E-state index in [-0.39, 0.29) is 17.8 Å². The van der Waals surface area contributed by atoms with E-state index in [4.69, 9.17) is 0 Å². The zero-order valence-corrected chi connectivity index (χ0v) is 9.00. The van der Waals surface area contributed by atoms with Gasteiger partial charge in [-0.3, -0.25) is 4.68 Å². The number of rotatable bonds is 2. The molecule has 0 radical (unpaired) electrons. The maximum absolute atomic E-state index is 14.0. The van der Waals surface area contributed by atoms with Gasteiger partial charge in [0.2, 0.25) is 0 Å². The van der Waals surface area contributed by atoms with Crippen LogP contribution < -0.4 is 0 Å². The molecule has 1 heterocycles. The molecule has 2 aliphatic rings. The van der Waals surface area contributed by atoms with E-state index in [0.717, 1.165) is 4.68 Å². The molecule has 0 N–H and O–H groups in total. The summed E-state index contributed by atoms with van der Waals surface area (Å²) in [5.41, 5.74) is -0.770. The molecule has 0 aliphatic heterocycles. The number of hydrogen-bond donors (Lipinski definition) is 0. The summed E-state index contributed by atoms with van der Waals surface area (Å²) in [5, 5.41) is 3.62. The molecule has 0 saturated carbocycles. The van der Waals surface area contributed by atoms with Crippen molar-refractivity contribution in [1.29, 1.82) is 0 Å². The second-order valence-electron chi connectivity index (χ2n) is 4.32. The molecule has 1 aromatic rings. The fourth-order valence-corrected chi connectivity index (χ4v) is 2.68. The maximum atomic E-state index is 14.0. The maximum Gasteiger partial charge on any atom is 0.296 e. The van der Waals surface area contributed by atoms with E-state index in [1.165, 1.54) is 6.08 Å². The van der Waals surface area contributed by atoms with Crippen molar-refractivity contribution in [3.05, 3.63) is 29.1 Å². The quantitative estimate of drug-likeness (QED) is 0.578. The zero-order chi connectivity index (χ0) is 12.4. The average molecular weight is 246 g/mol. The summed E-state index contributed by atoms with van der Waals surface area (Å²) >= 11 is 0. The molecule has 0 bridgehead atoms. The van der Waals surface area contributed by atoms with Gasteiger partial charge in [0.15, 0.2) is 0 Å².